The van der Waals surface area contributed by atoms with Gasteiger partial charge < -0.3 is 19.8 Å². The molecule has 0 spiro atoms. The molecule has 1 aromatic heterocycles. The SMILES string of the molecule is CN(Cc1ccoc1)CC1(C)COCC1N. The standard InChI is InChI=1S/C12H20N2O2/c1-12(9-16-7-11(12)13)8-14(2)5-10-3-4-15-6-10/h3-4,6,11H,5,7-9,13H2,1-2H3. The first-order valence-electron chi connectivity index (χ1n) is 5.63. The van der Waals surface area contributed by atoms with Crippen LogP contribution in [-0.2, 0) is 11.3 Å². The lowest BCUT2D eigenvalue weighted by Crippen LogP contribution is -2.45. The number of rotatable bonds is 4. The fourth-order valence-corrected chi connectivity index (χ4v) is 2.26. The van der Waals surface area contributed by atoms with E-state index in [1.54, 1.807) is 12.5 Å². The minimum absolute atomic E-state index is 0.0679. The summed E-state index contributed by atoms with van der Waals surface area (Å²) in [6.45, 7) is 5.45. The summed E-state index contributed by atoms with van der Waals surface area (Å²) < 4.78 is 10.5. The molecule has 90 valence electrons. The molecule has 0 saturated carbocycles. The Morgan fingerprint density at radius 2 is 2.44 bits per heavy atom. The van der Waals surface area contributed by atoms with E-state index in [1.807, 2.05) is 6.07 Å². The molecule has 2 N–H and O–H groups in total. The maximum atomic E-state index is 6.06. The average molecular weight is 224 g/mol. The Kier molecular flexibility index (Phi) is 3.33. The number of nitrogens with two attached hydrogens (primary N) is 1. The second kappa shape index (κ2) is 4.57. The van der Waals surface area contributed by atoms with Crippen LogP contribution in [0.5, 0.6) is 0 Å². The molecule has 1 aliphatic heterocycles. The summed E-state index contributed by atoms with van der Waals surface area (Å²) in [6, 6.07) is 2.13. The summed E-state index contributed by atoms with van der Waals surface area (Å²) in [4.78, 5) is 2.26. The molecule has 0 aromatic carbocycles. The Hall–Kier alpha value is -0.840. The van der Waals surface area contributed by atoms with Crippen molar-refractivity contribution < 1.29 is 9.15 Å². The van der Waals surface area contributed by atoms with Crippen LogP contribution >= 0.6 is 0 Å². The molecule has 16 heavy (non-hydrogen) atoms. The molecule has 1 fully saturated rings. The van der Waals surface area contributed by atoms with Gasteiger partial charge in [0.25, 0.3) is 0 Å². The molecular weight excluding hydrogens is 204 g/mol. The summed E-state index contributed by atoms with van der Waals surface area (Å²) in [6.07, 6.45) is 3.49. The van der Waals surface area contributed by atoms with E-state index in [-0.39, 0.29) is 11.5 Å². The first-order chi connectivity index (χ1) is 7.60. The minimum Gasteiger partial charge on any atom is -0.472 e. The van der Waals surface area contributed by atoms with Crippen LogP contribution in [0.3, 0.4) is 0 Å². The molecule has 1 saturated heterocycles. The Bertz CT molecular complexity index is 326. The molecule has 4 nitrogen and oxygen atoms in total. The summed E-state index contributed by atoms with van der Waals surface area (Å²) >= 11 is 0. The summed E-state index contributed by atoms with van der Waals surface area (Å²) in [5.41, 5.74) is 7.33. The van der Waals surface area contributed by atoms with Crippen molar-refractivity contribution in [3.05, 3.63) is 24.2 Å². The van der Waals surface area contributed by atoms with Crippen LogP contribution < -0.4 is 5.73 Å². The van der Waals surface area contributed by atoms with Gasteiger partial charge in [0.1, 0.15) is 0 Å². The van der Waals surface area contributed by atoms with E-state index in [9.17, 15) is 0 Å². The van der Waals surface area contributed by atoms with Gasteiger partial charge in [-0.3, -0.25) is 0 Å². The predicted molar refractivity (Wildman–Crippen MR) is 61.9 cm³/mol. The zero-order valence-corrected chi connectivity index (χ0v) is 9.98. The predicted octanol–water partition coefficient (Wildman–Crippen LogP) is 1.08. The van der Waals surface area contributed by atoms with E-state index in [2.05, 4.69) is 18.9 Å². The summed E-state index contributed by atoms with van der Waals surface area (Å²) in [5, 5.41) is 0. The number of nitrogens with zero attached hydrogens (tertiary/aromatic N) is 1. The zero-order chi connectivity index (χ0) is 11.6. The molecule has 0 amide bonds. The third-order valence-electron chi connectivity index (χ3n) is 3.29. The van der Waals surface area contributed by atoms with E-state index in [0.717, 1.165) is 19.7 Å². The van der Waals surface area contributed by atoms with Crippen molar-refractivity contribution >= 4 is 0 Å². The van der Waals surface area contributed by atoms with E-state index in [1.165, 1.54) is 5.56 Å². The van der Waals surface area contributed by atoms with Gasteiger partial charge in [0.2, 0.25) is 0 Å². The molecular formula is C12H20N2O2. The van der Waals surface area contributed by atoms with Crippen molar-refractivity contribution in [2.24, 2.45) is 11.1 Å². The highest BCUT2D eigenvalue weighted by Gasteiger charge is 2.38. The van der Waals surface area contributed by atoms with Gasteiger partial charge in [0.05, 0.1) is 25.7 Å². The van der Waals surface area contributed by atoms with Crippen molar-refractivity contribution in [3.8, 4) is 0 Å². The summed E-state index contributed by atoms with van der Waals surface area (Å²) in [5.74, 6) is 0. The fraction of sp³-hybridized carbons (Fsp3) is 0.667. The smallest absolute Gasteiger partial charge is 0.0947 e. The van der Waals surface area contributed by atoms with E-state index in [4.69, 9.17) is 14.9 Å². The van der Waals surface area contributed by atoms with Crippen LogP contribution in [0.15, 0.2) is 23.0 Å². The van der Waals surface area contributed by atoms with Gasteiger partial charge in [0.15, 0.2) is 0 Å². The summed E-state index contributed by atoms with van der Waals surface area (Å²) in [7, 11) is 2.10. The maximum absolute atomic E-state index is 6.06. The van der Waals surface area contributed by atoms with Crippen LogP contribution in [0, 0.1) is 5.41 Å². The molecule has 2 heterocycles. The first kappa shape index (κ1) is 11.6. The topological polar surface area (TPSA) is 51.6 Å². The second-order valence-corrected chi connectivity index (χ2v) is 5.08. The molecule has 0 aliphatic carbocycles. The lowest BCUT2D eigenvalue weighted by Gasteiger charge is -2.31. The molecule has 1 aromatic rings. The Morgan fingerprint density at radius 1 is 1.62 bits per heavy atom. The highest BCUT2D eigenvalue weighted by atomic mass is 16.5. The monoisotopic (exact) mass is 224 g/mol. The van der Waals surface area contributed by atoms with Crippen molar-refractivity contribution in [3.63, 3.8) is 0 Å². The second-order valence-electron chi connectivity index (χ2n) is 5.08. The van der Waals surface area contributed by atoms with Gasteiger partial charge in [-0.05, 0) is 13.1 Å². The molecule has 0 radical (unpaired) electrons. The van der Waals surface area contributed by atoms with Crippen LogP contribution in [-0.4, -0.2) is 37.7 Å². The molecule has 4 heteroatoms. The van der Waals surface area contributed by atoms with Gasteiger partial charge in [-0.15, -0.1) is 0 Å². The fourth-order valence-electron chi connectivity index (χ4n) is 2.26. The lowest BCUT2D eigenvalue weighted by atomic mass is 9.85. The van der Waals surface area contributed by atoms with Gasteiger partial charge >= 0.3 is 0 Å². The number of furan rings is 1. The van der Waals surface area contributed by atoms with Crippen molar-refractivity contribution in [2.45, 2.75) is 19.5 Å². The van der Waals surface area contributed by atoms with E-state index >= 15 is 0 Å². The minimum atomic E-state index is 0.0679. The van der Waals surface area contributed by atoms with Crippen LogP contribution in [0.25, 0.3) is 0 Å². The molecule has 2 rings (SSSR count). The van der Waals surface area contributed by atoms with Crippen molar-refractivity contribution in [2.75, 3.05) is 26.8 Å². The third kappa shape index (κ3) is 2.45. The van der Waals surface area contributed by atoms with Crippen molar-refractivity contribution in [1.82, 2.24) is 4.90 Å². The van der Waals surface area contributed by atoms with Gasteiger partial charge in [-0.2, -0.15) is 0 Å². The van der Waals surface area contributed by atoms with Crippen LogP contribution in [0.2, 0.25) is 0 Å². The van der Waals surface area contributed by atoms with Crippen LogP contribution in [0.4, 0.5) is 0 Å². The number of hydrogen-bond donors (Lipinski definition) is 1. The van der Waals surface area contributed by atoms with E-state index in [0.29, 0.717) is 6.61 Å². The Balaban J connectivity index is 1.89. The molecule has 2 unspecified atom stereocenters. The van der Waals surface area contributed by atoms with Crippen LogP contribution in [0.1, 0.15) is 12.5 Å². The molecule has 0 bridgehead atoms. The maximum Gasteiger partial charge on any atom is 0.0947 e. The normalized spacial score (nSPS) is 30.1. The van der Waals surface area contributed by atoms with Gasteiger partial charge in [-0.25, -0.2) is 0 Å². The lowest BCUT2D eigenvalue weighted by molar-refractivity contribution is 0.128. The quantitative estimate of drug-likeness (QED) is 0.831. The first-order valence-corrected chi connectivity index (χ1v) is 5.63. The number of hydrogen-bond acceptors (Lipinski definition) is 4. The number of ether oxygens (including phenoxy) is 1. The third-order valence-corrected chi connectivity index (χ3v) is 3.29. The zero-order valence-electron chi connectivity index (χ0n) is 9.98. The molecule has 2 atom stereocenters. The largest absolute Gasteiger partial charge is 0.472 e. The molecule has 1 aliphatic rings. The Morgan fingerprint density at radius 3 is 3.00 bits per heavy atom. The highest BCUT2D eigenvalue weighted by molar-refractivity contribution is 5.05. The van der Waals surface area contributed by atoms with Gasteiger partial charge in [0, 0.05) is 30.1 Å². The van der Waals surface area contributed by atoms with Gasteiger partial charge in [-0.1, -0.05) is 6.92 Å². The van der Waals surface area contributed by atoms with E-state index < -0.39 is 0 Å². The van der Waals surface area contributed by atoms with Crippen molar-refractivity contribution in [1.29, 1.82) is 0 Å². The highest BCUT2D eigenvalue weighted by Crippen LogP contribution is 2.28. The average Bonchev–Trinajstić information content (AvgIpc) is 2.79. The Labute approximate surface area is 96.4 Å².